The van der Waals surface area contributed by atoms with E-state index in [1.165, 1.54) is 17.3 Å². The van der Waals surface area contributed by atoms with Crippen LogP contribution in [0, 0.1) is 0 Å². The van der Waals surface area contributed by atoms with Crippen molar-refractivity contribution in [2.75, 3.05) is 11.1 Å². The molecule has 3 rings (SSSR count). The van der Waals surface area contributed by atoms with E-state index in [0.717, 1.165) is 24.4 Å². The number of nitrogens with one attached hydrogen (secondary N) is 1. The molecule has 0 radical (unpaired) electrons. The molecular weight excluding hydrogens is 358 g/mol. The van der Waals surface area contributed by atoms with Gasteiger partial charge in [-0.05, 0) is 42.2 Å². The van der Waals surface area contributed by atoms with Gasteiger partial charge < -0.3 is 5.32 Å². The first-order valence-corrected chi connectivity index (χ1v) is 10.2. The topological polar surface area (TPSA) is 64.7 Å². The zero-order chi connectivity index (χ0) is 19.2. The van der Waals surface area contributed by atoms with Gasteiger partial charge in [0.25, 0.3) is 0 Å². The second kappa shape index (κ2) is 8.90. The highest BCUT2D eigenvalue weighted by molar-refractivity contribution is 7.99. The summed E-state index contributed by atoms with van der Waals surface area (Å²) in [5, 5.41) is 12.1. The average molecular weight is 384 g/mol. The lowest BCUT2D eigenvalue weighted by Crippen LogP contribution is -2.16. The van der Waals surface area contributed by atoms with Crippen LogP contribution in [-0.2, 0) is 11.2 Å². The Kier molecular flexibility index (Phi) is 6.34. The Morgan fingerprint density at radius 3 is 2.48 bits per heavy atom. The summed E-state index contributed by atoms with van der Waals surface area (Å²) < 4.78 is 3.85. The lowest BCUT2D eigenvalue weighted by Gasteiger charge is -2.11. The second-order valence-corrected chi connectivity index (χ2v) is 7.34. The number of aryl methyl sites for hydroxylation is 1. The van der Waals surface area contributed by atoms with Crippen LogP contribution in [0.25, 0.3) is 0 Å². The second-order valence-electron chi connectivity index (χ2n) is 6.40. The highest BCUT2D eigenvalue weighted by atomic mass is 32.2. The summed E-state index contributed by atoms with van der Waals surface area (Å²) in [5.74, 6) is 1.60. The third-order valence-corrected chi connectivity index (χ3v) is 5.44. The molecular formula is C20H25N5OS. The van der Waals surface area contributed by atoms with Crippen LogP contribution in [0.4, 0.5) is 5.69 Å². The summed E-state index contributed by atoms with van der Waals surface area (Å²) in [6.07, 6.45) is 5.74. The predicted molar refractivity (Wildman–Crippen MR) is 109 cm³/mol. The van der Waals surface area contributed by atoms with Gasteiger partial charge in [0.15, 0.2) is 5.82 Å². The van der Waals surface area contributed by atoms with E-state index in [2.05, 4.69) is 41.5 Å². The standard InChI is InChI=1S/C20H25N5OS/c1-4-15(3)16-8-10-17(11-9-16)21-19(26)14-27-20-23-22-18(5-2)25(20)24-12-6-7-13-24/h6-13,15H,4-5,14H2,1-3H3,(H,21,26)/t15-/m1/s1. The van der Waals surface area contributed by atoms with Crippen molar-refractivity contribution in [1.29, 1.82) is 0 Å². The van der Waals surface area contributed by atoms with E-state index in [-0.39, 0.29) is 11.7 Å². The van der Waals surface area contributed by atoms with Gasteiger partial charge in [0.05, 0.1) is 5.75 Å². The minimum absolute atomic E-state index is 0.0589. The zero-order valence-electron chi connectivity index (χ0n) is 15.9. The molecule has 1 aromatic carbocycles. The Morgan fingerprint density at radius 2 is 1.85 bits per heavy atom. The minimum Gasteiger partial charge on any atom is -0.325 e. The third kappa shape index (κ3) is 4.60. The van der Waals surface area contributed by atoms with Crippen molar-refractivity contribution in [1.82, 2.24) is 19.5 Å². The van der Waals surface area contributed by atoms with Gasteiger partial charge in [0, 0.05) is 24.5 Å². The first-order valence-electron chi connectivity index (χ1n) is 9.22. The first kappa shape index (κ1) is 19.2. The molecule has 3 aromatic rings. The number of hydrogen-bond acceptors (Lipinski definition) is 4. The van der Waals surface area contributed by atoms with Gasteiger partial charge in [-0.2, -0.15) is 0 Å². The summed E-state index contributed by atoms with van der Waals surface area (Å²) in [5.41, 5.74) is 2.10. The van der Waals surface area contributed by atoms with Crippen LogP contribution in [0.1, 0.15) is 44.5 Å². The highest BCUT2D eigenvalue weighted by Crippen LogP contribution is 2.21. The third-order valence-electron chi connectivity index (χ3n) is 4.52. The molecule has 0 fully saturated rings. The minimum atomic E-state index is -0.0589. The number of anilines is 1. The molecule has 2 aromatic heterocycles. The van der Waals surface area contributed by atoms with Crippen molar-refractivity contribution in [2.45, 2.75) is 44.7 Å². The SMILES string of the molecule is CCc1nnc(SCC(=O)Nc2ccc([C@H](C)CC)cc2)n1-n1cccc1. The van der Waals surface area contributed by atoms with Crippen LogP contribution < -0.4 is 5.32 Å². The number of thioether (sulfide) groups is 1. The zero-order valence-corrected chi connectivity index (χ0v) is 16.7. The van der Waals surface area contributed by atoms with E-state index >= 15 is 0 Å². The fraction of sp³-hybridized carbons (Fsp3) is 0.350. The number of hydrogen-bond donors (Lipinski definition) is 1. The average Bonchev–Trinajstić information content (AvgIpc) is 3.35. The van der Waals surface area contributed by atoms with Crippen LogP contribution in [0.5, 0.6) is 0 Å². The molecule has 142 valence electrons. The lowest BCUT2D eigenvalue weighted by atomic mass is 9.99. The molecule has 2 heterocycles. The molecule has 6 nitrogen and oxygen atoms in total. The monoisotopic (exact) mass is 383 g/mol. The Labute approximate surface area is 164 Å². The number of aromatic nitrogens is 4. The molecule has 1 atom stereocenters. The van der Waals surface area contributed by atoms with E-state index < -0.39 is 0 Å². The Balaban J connectivity index is 1.62. The summed E-state index contributed by atoms with van der Waals surface area (Å²) in [7, 11) is 0. The number of nitrogens with zero attached hydrogens (tertiary/aromatic N) is 4. The fourth-order valence-corrected chi connectivity index (χ4v) is 3.51. The number of benzene rings is 1. The van der Waals surface area contributed by atoms with Crippen LogP contribution >= 0.6 is 11.8 Å². The van der Waals surface area contributed by atoms with Crippen LogP contribution in [0.2, 0.25) is 0 Å². The summed E-state index contributed by atoms with van der Waals surface area (Å²) >= 11 is 1.38. The van der Waals surface area contributed by atoms with Gasteiger partial charge in [-0.25, -0.2) is 4.68 Å². The predicted octanol–water partition coefficient (Wildman–Crippen LogP) is 4.20. The van der Waals surface area contributed by atoms with Crippen molar-refractivity contribution in [3.05, 3.63) is 60.2 Å². The Hall–Kier alpha value is -2.54. The summed E-state index contributed by atoms with van der Waals surface area (Å²) in [6.45, 7) is 6.41. The van der Waals surface area contributed by atoms with E-state index in [9.17, 15) is 4.79 Å². The highest BCUT2D eigenvalue weighted by Gasteiger charge is 2.14. The molecule has 7 heteroatoms. The summed E-state index contributed by atoms with van der Waals surface area (Å²) in [4.78, 5) is 12.3. The summed E-state index contributed by atoms with van der Waals surface area (Å²) in [6, 6.07) is 12.0. The van der Waals surface area contributed by atoms with E-state index in [1.54, 1.807) is 0 Å². The number of carbonyl (C=O) groups is 1. The molecule has 0 saturated heterocycles. The molecule has 0 spiro atoms. The Bertz CT molecular complexity index is 870. The molecule has 0 unspecified atom stereocenters. The number of carbonyl (C=O) groups excluding carboxylic acids is 1. The lowest BCUT2D eigenvalue weighted by molar-refractivity contribution is -0.113. The number of rotatable bonds is 8. The molecule has 0 bridgehead atoms. The fourth-order valence-electron chi connectivity index (χ4n) is 2.75. The van der Waals surface area contributed by atoms with E-state index in [0.29, 0.717) is 11.1 Å². The smallest absolute Gasteiger partial charge is 0.234 e. The van der Waals surface area contributed by atoms with Gasteiger partial charge in [-0.15, -0.1) is 10.2 Å². The van der Waals surface area contributed by atoms with E-state index in [1.807, 2.05) is 52.9 Å². The molecule has 0 aliphatic rings. The van der Waals surface area contributed by atoms with Gasteiger partial charge >= 0.3 is 0 Å². The largest absolute Gasteiger partial charge is 0.325 e. The molecule has 0 aliphatic carbocycles. The van der Waals surface area contributed by atoms with Crippen molar-refractivity contribution in [3.8, 4) is 0 Å². The van der Waals surface area contributed by atoms with Gasteiger partial charge in [-0.3, -0.25) is 9.47 Å². The van der Waals surface area contributed by atoms with Crippen LogP contribution in [-0.4, -0.2) is 31.2 Å². The van der Waals surface area contributed by atoms with Crippen LogP contribution in [0.3, 0.4) is 0 Å². The maximum atomic E-state index is 12.3. The number of amides is 1. The molecule has 27 heavy (non-hydrogen) atoms. The van der Waals surface area contributed by atoms with Crippen molar-refractivity contribution in [2.24, 2.45) is 0 Å². The first-order chi connectivity index (χ1) is 13.1. The van der Waals surface area contributed by atoms with Gasteiger partial charge in [0.2, 0.25) is 11.1 Å². The normalized spacial score (nSPS) is 12.1. The van der Waals surface area contributed by atoms with Gasteiger partial charge in [0.1, 0.15) is 0 Å². The molecule has 1 N–H and O–H groups in total. The van der Waals surface area contributed by atoms with Crippen molar-refractivity contribution >= 4 is 23.4 Å². The van der Waals surface area contributed by atoms with Gasteiger partial charge in [-0.1, -0.05) is 44.7 Å². The quantitative estimate of drug-likeness (QED) is 0.592. The van der Waals surface area contributed by atoms with Crippen LogP contribution in [0.15, 0.2) is 53.9 Å². The molecule has 1 amide bonds. The van der Waals surface area contributed by atoms with E-state index in [4.69, 9.17) is 0 Å². The van der Waals surface area contributed by atoms with Crippen molar-refractivity contribution < 1.29 is 4.79 Å². The molecule has 0 aliphatic heterocycles. The molecule has 0 saturated carbocycles. The maximum absolute atomic E-state index is 12.3. The van der Waals surface area contributed by atoms with Crippen molar-refractivity contribution in [3.63, 3.8) is 0 Å². The maximum Gasteiger partial charge on any atom is 0.234 e. The Morgan fingerprint density at radius 1 is 1.15 bits per heavy atom.